The Morgan fingerprint density at radius 1 is 1.15 bits per heavy atom. The number of methoxy groups -OCH3 is 2. The molecule has 0 bridgehead atoms. The monoisotopic (exact) mass is 386 g/mol. The van der Waals surface area contributed by atoms with Gasteiger partial charge in [0.15, 0.2) is 11.7 Å². The van der Waals surface area contributed by atoms with Crippen LogP contribution in [0.4, 0.5) is 5.69 Å². The van der Waals surface area contributed by atoms with Gasteiger partial charge in [-0.25, -0.2) is 4.98 Å². The lowest BCUT2D eigenvalue weighted by Crippen LogP contribution is -2.12. The van der Waals surface area contributed by atoms with Crippen LogP contribution < -0.4 is 14.8 Å². The summed E-state index contributed by atoms with van der Waals surface area (Å²) in [5.74, 6) is 2.24. The molecule has 0 atom stereocenters. The summed E-state index contributed by atoms with van der Waals surface area (Å²) in [6, 6.07) is 12.4. The van der Waals surface area contributed by atoms with Crippen molar-refractivity contribution in [3.63, 3.8) is 0 Å². The SMILES string of the molecule is COc1ccc(-c2cnc(CCC(=O)Nc3ccc(Cl)cc3)o2)c(OC)c1. The van der Waals surface area contributed by atoms with Gasteiger partial charge in [-0.1, -0.05) is 11.6 Å². The topological polar surface area (TPSA) is 73.6 Å². The summed E-state index contributed by atoms with van der Waals surface area (Å²) in [7, 11) is 3.17. The van der Waals surface area contributed by atoms with Crippen LogP contribution in [0.1, 0.15) is 12.3 Å². The van der Waals surface area contributed by atoms with Gasteiger partial charge in [0.1, 0.15) is 11.5 Å². The van der Waals surface area contributed by atoms with E-state index in [0.717, 1.165) is 5.56 Å². The van der Waals surface area contributed by atoms with Crippen LogP contribution in [0.15, 0.2) is 53.1 Å². The molecule has 7 heteroatoms. The Bertz CT molecular complexity index is 922. The maximum absolute atomic E-state index is 12.1. The maximum Gasteiger partial charge on any atom is 0.224 e. The zero-order valence-corrected chi connectivity index (χ0v) is 15.7. The highest BCUT2D eigenvalue weighted by Crippen LogP contribution is 2.33. The lowest BCUT2D eigenvalue weighted by Gasteiger charge is -2.08. The van der Waals surface area contributed by atoms with E-state index in [1.165, 1.54) is 0 Å². The number of aryl methyl sites for hydroxylation is 1. The Kier molecular flexibility index (Phi) is 5.98. The van der Waals surface area contributed by atoms with Crippen molar-refractivity contribution in [2.45, 2.75) is 12.8 Å². The maximum atomic E-state index is 12.1. The Morgan fingerprint density at radius 2 is 1.93 bits per heavy atom. The van der Waals surface area contributed by atoms with Crippen LogP contribution in [0.3, 0.4) is 0 Å². The van der Waals surface area contributed by atoms with Crippen molar-refractivity contribution in [3.8, 4) is 22.8 Å². The second-order valence-corrected chi connectivity index (χ2v) is 6.18. The molecule has 1 heterocycles. The average molecular weight is 387 g/mol. The third-order valence-corrected chi connectivity index (χ3v) is 4.17. The second kappa shape index (κ2) is 8.60. The molecule has 6 nitrogen and oxygen atoms in total. The molecule has 3 rings (SSSR count). The fraction of sp³-hybridized carbons (Fsp3) is 0.200. The number of amides is 1. The van der Waals surface area contributed by atoms with Crippen molar-refractivity contribution in [2.75, 3.05) is 19.5 Å². The third-order valence-electron chi connectivity index (χ3n) is 3.92. The van der Waals surface area contributed by atoms with E-state index in [0.29, 0.717) is 40.3 Å². The van der Waals surface area contributed by atoms with E-state index in [-0.39, 0.29) is 12.3 Å². The minimum Gasteiger partial charge on any atom is -0.497 e. The van der Waals surface area contributed by atoms with Crippen molar-refractivity contribution in [1.29, 1.82) is 0 Å². The van der Waals surface area contributed by atoms with E-state index >= 15 is 0 Å². The van der Waals surface area contributed by atoms with Gasteiger partial charge >= 0.3 is 0 Å². The first-order valence-electron chi connectivity index (χ1n) is 8.31. The number of aromatic nitrogens is 1. The van der Waals surface area contributed by atoms with Gasteiger partial charge in [-0.3, -0.25) is 4.79 Å². The number of carbonyl (C=O) groups is 1. The number of carbonyl (C=O) groups excluding carboxylic acids is 1. The van der Waals surface area contributed by atoms with Crippen LogP contribution in [0.5, 0.6) is 11.5 Å². The fourth-order valence-electron chi connectivity index (χ4n) is 2.53. The number of nitrogens with one attached hydrogen (secondary N) is 1. The van der Waals surface area contributed by atoms with Crippen molar-refractivity contribution in [2.24, 2.45) is 0 Å². The van der Waals surface area contributed by atoms with Crippen molar-refractivity contribution < 1.29 is 18.7 Å². The number of benzene rings is 2. The number of rotatable bonds is 7. The average Bonchev–Trinajstić information content (AvgIpc) is 3.16. The minimum absolute atomic E-state index is 0.126. The number of hydrogen-bond acceptors (Lipinski definition) is 5. The standard InChI is InChI=1S/C20H19ClN2O4/c1-25-15-7-8-16(17(11-15)26-2)18-12-22-20(27-18)10-9-19(24)23-14-5-3-13(21)4-6-14/h3-8,11-12H,9-10H2,1-2H3,(H,23,24). The summed E-state index contributed by atoms with van der Waals surface area (Å²) >= 11 is 5.83. The highest BCUT2D eigenvalue weighted by atomic mass is 35.5. The van der Waals surface area contributed by atoms with Crippen LogP contribution in [-0.2, 0) is 11.2 Å². The molecule has 27 heavy (non-hydrogen) atoms. The first-order valence-corrected chi connectivity index (χ1v) is 8.69. The van der Waals surface area contributed by atoms with Gasteiger partial charge in [0.05, 0.1) is 26.0 Å². The molecule has 1 amide bonds. The molecule has 0 aliphatic rings. The van der Waals surface area contributed by atoms with E-state index < -0.39 is 0 Å². The third kappa shape index (κ3) is 4.80. The molecule has 0 aliphatic carbocycles. The molecule has 0 spiro atoms. The number of oxazole rings is 1. The zero-order valence-electron chi connectivity index (χ0n) is 15.0. The predicted molar refractivity (Wildman–Crippen MR) is 103 cm³/mol. The molecular formula is C20H19ClN2O4. The Hall–Kier alpha value is -2.99. The molecule has 0 saturated heterocycles. The largest absolute Gasteiger partial charge is 0.497 e. The van der Waals surface area contributed by atoms with Crippen molar-refractivity contribution >= 4 is 23.2 Å². The zero-order chi connectivity index (χ0) is 19.2. The molecule has 3 aromatic rings. The van der Waals surface area contributed by atoms with Gasteiger partial charge in [0.25, 0.3) is 0 Å². The predicted octanol–water partition coefficient (Wildman–Crippen LogP) is 4.58. The molecule has 2 aromatic carbocycles. The second-order valence-electron chi connectivity index (χ2n) is 5.74. The summed E-state index contributed by atoms with van der Waals surface area (Å²) in [6.07, 6.45) is 2.26. The number of ether oxygens (including phenoxy) is 2. The molecule has 0 radical (unpaired) electrons. The van der Waals surface area contributed by atoms with E-state index in [9.17, 15) is 4.79 Å². The van der Waals surface area contributed by atoms with Crippen LogP contribution in [0, 0.1) is 0 Å². The quantitative estimate of drug-likeness (QED) is 0.643. The molecule has 0 saturated carbocycles. The summed E-state index contributed by atoms with van der Waals surface area (Å²) in [5, 5.41) is 3.43. The molecule has 0 unspecified atom stereocenters. The van der Waals surface area contributed by atoms with Gasteiger partial charge in [0.2, 0.25) is 5.91 Å². The van der Waals surface area contributed by atoms with E-state index in [1.807, 2.05) is 12.1 Å². The Balaban J connectivity index is 1.62. The normalized spacial score (nSPS) is 10.5. The first-order chi connectivity index (χ1) is 13.1. The molecular weight excluding hydrogens is 368 g/mol. The molecule has 1 aromatic heterocycles. The molecule has 140 valence electrons. The molecule has 1 N–H and O–H groups in total. The van der Waals surface area contributed by atoms with Crippen LogP contribution in [0.25, 0.3) is 11.3 Å². The number of hydrogen-bond donors (Lipinski definition) is 1. The van der Waals surface area contributed by atoms with Gasteiger partial charge in [-0.05, 0) is 36.4 Å². The van der Waals surface area contributed by atoms with Crippen molar-refractivity contribution in [1.82, 2.24) is 4.98 Å². The Morgan fingerprint density at radius 3 is 2.63 bits per heavy atom. The number of nitrogens with zero attached hydrogens (tertiary/aromatic N) is 1. The van der Waals surface area contributed by atoms with Crippen molar-refractivity contribution in [3.05, 3.63) is 59.6 Å². The van der Waals surface area contributed by atoms with Crippen LogP contribution in [-0.4, -0.2) is 25.1 Å². The van der Waals surface area contributed by atoms with Crippen LogP contribution in [0.2, 0.25) is 5.02 Å². The smallest absolute Gasteiger partial charge is 0.224 e. The molecule has 0 fully saturated rings. The highest BCUT2D eigenvalue weighted by Gasteiger charge is 2.13. The van der Waals surface area contributed by atoms with Gasteiger partial charge < -0.3 is 19.2 Å². The van der Waals surface area contributed by atoms with Gasteiger partial charge in [0, 0.05) is 29.6 Å². The summed E-state index contributed by atoms with van der Waals surface area (Å²) in [6.45, 7) is 0. The summed E-state index contributed by atoms with van der Waals surface area (Å²) in [4.78, 5) is 16.3. The summed E-state index contributed by atoms with van der Waals surface area (Å²) in [5.41, 5.74) is 1.46. The first kappa shape index (κ1) is 18.8. The van der Waals surface area contributed by atoms with Gasteiger partial charge in [-0.2, -0.15) is 0 Å². The highest BCUT2D eigenvalue weighted by molar-refractivity contribution is 6.30. The van der Waals surface area contributed by atoms with Crippen LogP contribution >= 0.6 is 11.6 Å². The van der Waals surface area contributed by atoms with E-state index in [4.69, 9.17) is 25.5 Å². The number of halogens is 1. The summed E-state index contributed by atoms with van der Waals surface area (Å²) < 4.78 is 16.4. The van der Waals surface area contributed by atoms with E-state index in [1.54, 1.807) is 50.7 Å². The fourth-order valence-corrected chi connectivity index (χ4v) is 2.66. The van der Waals surface area contributed by atoms with E-state index in [2.05, 4.69) is 10.3 Å². The Labute approximate surface area is 162 Å². The minimum atomic E-state index is -0.126. The lowest BCUT2D eigenvalue weighted by atomic mass is 10.1. The van der Waals surface area contributed by atoms with Gasteiger partial charge in [-0.15, -0.1) is 0 Å². The number of anilines is 1. The lowest BCUT2D eigenvalue weighted by molar-refractivity contribution is -0.116. The molecule has 0 aliphatic heterocycles.